The highest BCUT2D eigenvalue weighted by Crippen LogP contribution is 2.23. The van der Waals surface area contributed by atoms with Crippen molar-refractivity contribution in [1.82, 2.24) is 10.1 Å². The molecule has 0 spiro atoms. The number of nitrogens with zero attached hydrogens (tertiary/aromatic N) is 2. The van der Waals surface area contributed by atoms with Gasteiger partial charge in [0.1, 0.15) is 5.75 Å². The quantitative estimate of drug-likeness (QED) is 0.565. The van der Waals surface area contributed by atoms with Crippen LogP contribution in [0.2, 0.25) is 5.02 Å². The first kappa shape index (κ1) is 18.9. The summed E-state index contributed by atoms with van der Waals surface area (Å²) in [5, 5.41) is 4.45. The summed E-state index contributed by atoms with van der Waals surface area (Å²) in [4.78, 5) is 16.4. The average Bonchev–Trinajstić information content (AvgIpc) is 3.16. The van der Waals surface area contributed by atoms with Crippen molar-refractivity contribution in [3.63, 3.8) is 0 Å². The predicted molar refractivity (Wildman–Crippen MR) is 101 cm³/mol. The summed E-state index contributed by atoms with van der Waals surface area (Å²) in [5.74, 6) is 0.825. The molecular weight excluding hydrogens is 368 g/mol. The van der Waals surface area contributed by atoms with E-state index in [0.717, 1.165) is 12.0 Å². The van der Waals surface area contributed by atoms with E-state index in [0.29, 0.717) is 22.2 Å². The van der Waals surface area contributed by atoms with Crippen molar-refractivity contribution < 1.29 is 18.8 Å². The van der Waals surface area contributed by atoms with Gasteiger partial charge in [-0.1, -0.05) is 47.9 Å². The summed E-state index contributed by atoms with van der Waals surface area (Å²) in [6, 6.07) is 13.0. The normalized spacial score (nSPS) is 10.6. The van der Waals surface area contributed by atoms with Gasteiger partial charge in [-0.3, -0.25) is 4.79 Å². The zero-order valence-electron chi connectivity index (χ0n) is 15.1. The minimum Gasteiger partial charge on any atom is -0.496 e. The first-order valence-electron chi connectivity index (χ1n) is 8.49. The van der Waals surface area contributed by atoms with Gasteiger partial charge in [0.05, 0.1) is 13.5 Å². The second kappa shape index (κ2) is 8.68. The summed E-state index contributed by atoms with van der Waals surface area (Å²) in [5.41, 5.74) is 2.72. The molecule has 3 aromatic rings. The smallest absolute Gasteiger partial charge is 0.310 e. The SMILES string of the molecule is CCc1ccc(-c2noc(COC(=O)Cc3cc(Cl)ccc3OC)n2)cc1. The van der Waals surface area contributed by atoms with E-state index in [9.17, 15) is 4.79 Å². The van der Waals surface area contributed by atoms with E-state index in [1.54, 1.807) is 18.2 Å². The second-order valence-corrected chi connectivity index (χ2v) is 6.29. The highest BCUT2D eigenvalue weighted by atomic mass is 35.5. The van der Waals surface area contributed by atoms with Crippen molar-refractivity contribution in [2.24, 2.45) is 0 Å². The molecule has 2 aromatic carbocycles. The summed E-state index contributed by atoms with van der Waals surface area (Å²) < 4.78 is 15.6. The molecule has 140 valence electrons. The van der Waals surface area contributed by atoms with Crippen molar-refractivity contribution >= 4 is 17.6 Å². The van der Waals surface area contributed by atoms with E-state index in [4.69, 9.17) is 25.6 Å². The van der Waals surface area contributed by atoms with Crippen molar-refractivity contribution in [3.8, 4) is 17.1 Å². The van der Waals surface area contributed by atoms with E-state index in [1.165, 1.54) is 12.7 Å². The molecule has 0 aliphatic heterocycles. The number of carbonyl (C=O) groups excluding carboxylic acids is 1. The molecule has 27 heavy (non-hydrogen) atoms. The third-order valence-electron chi connectivity index (χ3n) is 4.02. The summed E-state index contributed by atoms with van der Waals surface area (Å²) in [6.45, 7) is 2.00. The van der Waals surface area contributed by atoms with Gasteiger partial charge in [0.25, 0.3) is 5.89 Å². The maximum Gasteiger partial charge on any atom is 0.310 e. The Labute approximate surface area is 162 Å². The van der Waals surface area contributed by atoms with Gasteiger partial charge in [-0.25, -0.2) is 0 Å². The fraction of sp³-hybridized carbons (Fsp3) is 0.250. The maximum atomic E-state index is 12.1. The Balaban J connectivity index is 1.59. The van der Waals surface area contributed by atoms with Gasteiger partial charge < -0.3 is 14.0 Å². The number of benzene rings is 2. The average molecular weight is 387 g/mol. The summed E-state index contributed by atoms with van der Waals surface area (Å²) >= 11 is 5.97. The highest BCUT2D eigenvalue weighted by molar-refractivity contribution is 6.30. The zero-order valence-corrected chi connectivity index (χ0v) is 15.8. The molecule has 0 N–H and O–H groups in total. The number of aromatic nitrogens is 2. The topological polar surface area (TPSA) is 74.5 Å². The maximum absolute atomic E-state index is 12.1. The van der Waals surface area contributed by atoms with E-state index in [2.05, 4.69) is 17.1 Å². The van der Waals surface area contributed by atoms with Gasteiger partial charge in [-0.15, -0.1) is 0 Å². The third-order valence-corrected chi connectivity index (χ3v) is 4.26. The lowest BCUT2D eigenvalue weighted by molar-refractivity contribution is -0.144. The monoisotopic (exact) mass is 386 g/mol. The molecule has 0 saturated carbocycles. The van der Waals surface area contributed by atoms with Gasteiger partial charge in [-0.05, 0) is 30.2 Å². The Morgan fingerprint density at radius 2 is 1.96 bits per heavy atom. The van der Waals surface area contributed by atoms with Gasteiger partial charge in [0.2, 0.25) is 5.82 Å². The van der Waals surface area contributed by atoms with Crippen LogP contribution in [0.5, 0.6) is 5.75 Å². The molecule has 0 aliphatic carbocycles. The van der Waals surface area contributed by atoms with Crippen LogP contribution in [-0.4, -0.2) is 23.2 Å². The number of halogens is 1. The third kappa shape index (κ3) is 4.86. The molecule has 3 rings (SSSR count). The van der Waals surface area contributed by atoms with Crippen LogP contribution in [0.1, 0.15) is 23.9 Å². The van der Waals surface area contributed by atoms with Gasteiger partial charge >= 0.3 is 5.97 Å². The molecule has 0 saturated heterocycles. The van der Waals surface area contributed by atoms with Crippen molar-refractivity contribution in [2.75, 3.05) is 7.11 Å². The molecule has 6 nitrogen and oxygen atoms in total. The number of rotatable bonds is 7. The van der Waals surface area contributed by atoms with Crippen molar-refractivity contribution in [2.45, 2.75) is 26.4 Å². The van der Waals surface area contributed by atoms with E-state index in [-0.39, 0.29) is 18.9 Å². The van der Waals surface area contributed by atoms with Crippen LogP contribution < -0.4 is 4.74 Å². The van der Waals surface area contributed by atoms with Crippen LogP contribution in [0.3, 0.4) is 0 Å². The minimum absolute atomic E-state index is 0.0310. The second-order valence-electron chi connectivity index (χ2n) is 5.86. The Morgan fingerprint density at radius 3 is 2.67 bits per heavy atom. The molecule has 0 atom stereocenters. The first-order chi connectivity index (χ1) is 13.1. The molecular formula is C20H19ClN2O4. The van der Waals surface area contributed by atoms with E-state index in [1.807, 2.05) is 24.3 Å². The Kier molecular flexibility index (Phi) is 6.08. The van der Waals surface area contributed by atoms with Crippen LogP contribution in [0.25, 0.3) is 11.4 Å². The number of ether oxygens (including phenoxy) is 2. The summed E-state index contributed by atoms with van der Waals surface area (Å²) in [6.07, 6.45) is 0.994. The largest absolute Gasteiger partial charge is 0.496 e. The zero-order chi connectivity index (χ0) is 19.2. The van der Waals surface area contributed by atoms with Gasteiger partial charge in [0.15, 0.2) is 6.61 Å². The molecule has 0 bridgehead atoms. The molecule has 0 fully saturated rings. The Morgan fingerprint density at radius 1 is 1.19 bits per heavy atom. The van der Waals surface area contributed by atoms with Crippen molar-refractivity contribution in [1.29, 1.82) is 0 Å². The summed E-state index contributed by atoms with van der Waals surface area (Å²) in [7, 11) is 1.53. The van der Waals surface area contributed by atoms with Crippen LogP contribution in [0, 0.1) is 0 Å². The Bertz CT molecular complexity index is 922. The highest BCUT2D eigenvalue weighted by Gasteiger charge is 2.14. The lowest BCUT2D eigenvalue weighted by Gasteiger charge is -2.08. The number of aryl methyl sites for hydroxylation is 1. The number of methoxy groups -OCH3 is 1. The van der Waals surface area contributed by atoms with E-state index < -0.39 is 5.97 Å². The van der Waals surface area contributed by atoms with Crippen molar-refractivity contribution in [3.05, 3.63) is 64.5 Å². The number of hydrogen-bond donors (Lipinski definition) is 0. The standard InChI is InChI=1S/C20H19ClN2O4/c1-3-13-4-6-14(7-5-13)20-22-18(27-23-20)12-26-19(24)11-15-10-16(21)8-9-17(15)25-2/h4-10H,3,11-12H2,1-2H3. The number of carbonyl (C=O) groups is 1. The molecule has 0 amide bonds. The van der Waals surface area contributed by atoms with E-state index >= 15 is 0 Å². The number of hydrogen-bond acceptors (Lipinski definition) is 6. The molecule has 0 unspecified atom stereocenters. The predicted octanol–water partition coefficient (Wildman–Crippen LogP) is 4.25. The van der Waals surface area contributed by atoms with Crippen LogP contribution in [-0.2, 0) is 29.0 Å². The molecule has 7 heteroatoms. The fourth-order valence-corrected chi connectivity index (χ4v) is 2.75. The Hall–Kier alpha value is -2.86. The lowest BCUT2D eigenvalue weighted by atomic mass is 10.1. The molecule has 0 radical (unpaired) electrons. The lowest BCUT2D eigenvalue weighted by Crippen LogP contribution is -2.09. The van der Waals surface area contributed by atoms with Gasteiger partial charge in [-0.2, -0.15) is 4.98 Å². The molecule has 1 heterocycles. The van der Waals surface area contributed by atoms with Crippen LogP contribution in [0.15, 0.2) is 47.0 Å². The molecule has 1 aromatic heterocycles. The number of esters is 1. The fourth-order valence-electron chi connectivity index (χ4n) is 2.55. The van der Waals surface area contributed by atoms with Crippen LogP contribution >= 0.6 is 11.6 Å². The first-order valence-corrected chi connectivity index (χ1v) is 8.86. The molecule has 0 aliphatic rings. The van der Waals surface area contributed by atoms with Crippen LogP contribution in [0.4, 0.5) is 0 Å². The van der Waals surface area contributed by atoms with Gasteiger partial charge in [0, 0.05) is 16.1 Å². The minimum atomic E-state index is -0.442.